The lowest BCUT2D eigenvalue weighted by Crippen LogP contribution is -1.92. The van der Waals surface area contributed by atoms with E-state index < -0.39 is 0 Å². The van der Waals surface area contributed by atoms with Gasteiger partial charge in [0.15, 0.2) is 5.82 Å². The Hall–Kier alpha value is -1.65. The molecule has 0 aliphatic rings. The first-order valence-electron chi connectivity index (χ1n) is 3.64. The van der Waals surface area contributed by atoms with E-state index in [4.69, 9.17) is 0 Å². The molecule has 0 amide bonds. The molecule has 0 atom stereocenters. The molecule has 0 unspecified atom stereocenters. The second-order valence-corrected chi connectivity index (χ2v) is 2.61. The summed E-state index contributed by atoms with van der Waals surface area (Å²) in [4.78, 5) is 8.28. The Bertz CT molecular complexity index is 386. The van der Waals surface area contributed by atoms with Crippen LogP contribution >= 0.6 is 0 Å². The fraction of sp³-hybridized carbons (Fsp3) is 0.286. The minimum Gasteiger partial charge on any atom is -0.331 e. The highest BCUT2D eigenvalue weighted by Gasteiger charge is 2.07. The van der Waals surface area contributed by atoms with E-state index in [1.165, 1.54) is 0 Å². The zero-order chi connectivity index (χ0) is 8.55. The quantitative estimate of drug-likeness (QED) is 0.666. The number of hydrogen-bond donors (Lipinski definition) is 1. The third-order valence-electron chi connectivity index (χ3n) is 1.62. The van der Waals surface area contributed by atoms with Gasteiger partial charge in [-0.15, -0.1) is 0 Å². The summed E-state index contributed by atoms with van der Waals surface area (Å²) in [6.07, 6.45) is 3.59. The molecule has 0 aliphatic carbocycles. The molecule has 2 aromatic heterocycles. The van der Waals surface area contributed by atoms with Crippen molar-refractivity contribution < 1.29 is 0 Å². The minimum absolute atomic E-state index is 0.639. The van der Waals surface area contributed by atoms with Crippen molar-refractivity contribution in [2.45, 2.75) is 6.92 Å². The maximum atomic E-state index is 4.16. The zero-order valence-electron chi connectivity index (χ0n) is 6.94. The van der Waals surface area contributed by atoms with Crippen molar-refractivity contribution in [3.05, 3.63) is 18.2 Å². The van der Waals surface area contributed by atoms with E-state index in [2.05, 4.69) is 20.2 Å². The highest BCUT2D eigenvalue weighted by molar-refractivity contribution is 5.42. The highest BCUT2D eigenvalue weighted by atomic mass is 15.2. The van der Waals surface area contributed by atoms with Gasteiger partial charge in [0.05, 0.1) is 0 Å². The van der Waals surface area contributed by atoms with E-state index >= 15 is 0 Å². The van der Waals surface area contributed by atoms with Crippen molar-refractivity contribution in [1.29, 1.82) is 0 Å². The lowest BCUT2D eigenvalue weighted by Gasteiger charge is -1.93. The fourth-order valence-corrected chi connectivity index (χ4v) is 1.02. The average Bonchev–Trinajstić information content (AvgIpc) is 2.58. The average molecular weight is 163 g/mol. The van der Waals surface area contributed by atoms with Gasteiger partial charge >= 0.3 is 0 Å². The summed E-state index contributed by atoms with van der Waals surface area (Å²) < 4.78 is 1.88. The molecular formula is C7H9N5. The fourth-order valence-electron chi connectivity index (χ4n) is 1.02. The number of imidazole rings is 1. The third kappa shape index (κ3) is 0.990. The van der Waals surface area contributed by atoms with Crippen LogP contribution < -0.4 is 0 Å². The van der Waals surface area contributed by atoms with Crippen LogP contribution in [0.15, 0.2) is 12.4 Å². The molecule has 12 heavy (non-hydrogen) atoms. The van der Waals surface area contributed by atoms with Crippen molar-refractivity contribution in [3.8, 4) is 11.6 Å². The molecule has 0 spiro atoms. The van der Waals surface area contributed by atoms with Gasteiger partial charge in [-0.1, -0.05) is 0 Å². The number of H-pyrrole nitrogens is 1. The van der Waals surface area contributed by atoms with Gasteiger partial charge in [-0.05, 0) is 6.92 Å². The maximum absolute atomic E-state index is 4.16. The summed E-state index contributed by atoms with van der Waals surface area (Å²) in [5, 5.41) is 6.77. The van der Waals surface area contributed by atoms with E-state index in [1.807, 2.05) is 24.7 Å². The Kier molecular flexibility index (Phi) is 1.43. The number of hydrogen-bond acceptors (Lipinski definition) is 3. The van der Waals surface area contributed by atoms with Gasteiger partial charge in [-0.25, -0.2) is 9.97 Å². The Balaban J connectivity index is 2.50. The van der Waals surface area contributed by atoms with Gasteiger partial charge in [0.25, 0.3) is 0 Å². The molecule has 5 nitrogen and oxygen atoms in total. The van der Waals surface area contributed by atoms with Crippen LogP contribution in [0.5, 0.6) is 0 Å². The minimum atomic E-state index is 0.639. The molecule has 0 saturated carbocycles. The summed E-state index contributed by atoms with van der Waals surface area (Å²) >= 11 is 0. The number of nitrogens with zero attached hydrogens (tertiary/aromatic N) is 4. The van der Waals surface area contributed by atoms with Crippen LogP contribution in [0.1, 0.15) is 5.82 Å². The van der Waals surface area contributed by atoms with Crippen molar-refractivity contribution in [2.75, 3.05) is 0 Å². The Morgan fingerprint density at radius 3 is 2.83 bits per heavy atom. The molecule has 0 aliphatic heterocycles. The number of aryl methyl sites for hydroxylation is 2. The van der Waals surface area contributed by atoms with Gasteiger partial charge in [0, 0.05) is 19.4 Å². The topological polar surface area (TPSA) is 59.4 Å². The first-order chi connectivity index (χ1) is 5.77. The van der Waals surface area contributed by atoms with Crippen LogP contribution in [0.3, 0.4) is 0 Å². The molecule has 0 radical (unpaired) electrons. The highest BCUT2D eigenvalue weighted by Crippen LogP contribution is 2.09. The van der Waals surface area contributed by atoms with Crippen LogP contribution in [-0.2, 0) is 7.05 Å². The van der Waals surface area contributed by atoms with Crippen LogP contribution in [0.4, 0.5) is 0 Å². The maximum Gasteiger partial charge on any atom is 0.217 e. The first-order valence-corrected chi connectivity index (χ1v) is 3.64. The first kappa shape index (κ1) is 7.02. The molecule has 0 saturated heterocycles. The Morgan fingerprint density at radius 2 is 2.33 bits per heavy atom. The zero-order valence-corrected chi connectivity index (χ0v) is 6.94. The van der Waals surface area contributed by atoms with Crippen LogP contribution in [-0.4, -0.2) is 24.7 Å². The van der Waals surface area contributed by atoms with Gasteiger partial charge in [0.2, 0.25) is 5.82 Å². The monoisotopic (exact) mass is 163 g/mol. The lowest BCUT2D eigenvalue weighted by molar-refractivity contribution is 0.907. The van der Waals surface area contributed by atoms with E-state index in [1.54, 1.807) is 6.20 Å². The van der Waals surface area contributed by atoms with Crippen LogP contribution in [0, 0.1) is 6.92 Å². The van der Waals surface area contributed by atoms with E-state index in [-0.39, 0.29) is 0 Å². The summed E-state index contributed by atoms with van der Waals surface area (Å²) in [6.45, 7) is 1.86. The number of aromatic nitrogens is 5. The normalized spacial score (nSPS) is 10.5. The molecule has 2 rings (SSSR count). The molecule has 0 bridgehead atoms. The predicted octanol–water partition coefficient (Wildman–Crippen LogP) is 0.514. The summed E-state index contributed by atoms with van der Waals surface area (Å²) in [7, 11) is 1.91. The molecular weight excluding hydrogens is 154 g/mol. The van der Waals surface area contributed by atoms with E-state index in [9.17, 15) is 0 Å². The molecule has 62 valence electrons. The van der Waals surface area contributed by atoms with Gasteiger partial charge in [-0.3, -0.25) is 5.10 Å². The SMILES string of the molecule is Cc1nc(-c2nccn2C)n[nH]1. The summed E-state index contributed by atoms with van der Waals surface area (Å²) in [6, 6.07) is 0. The number of nitrogens with one attached hydrogen (secondary N) is 1. The Morgan fingerprint density at radius 1 is 1.50 bits per heavy atom. The third-order valence-corrected chi connectivity index (χ3v) is 1.62. The van der Waals surface area contributed by atoms with Crippen LogP contribution in [0.2, 0.25) is 0 Å². The van der Waals surface area contributed by atoms with Crippen LogP contribution in [0.25, 0.3) is 11.6 Å². The van der Waals surface area contributed by atoms with Gasteiger partial charge in [0.1, 0.15) is 5.82 Å². The van der Waals surface area contributed by atoms with Crippen molar-refractivity contribution in [2.24, 2.45) is 7.05 Å². The number of aromatic amines is 1. The number of rotatable bonds is 1. The molecule has 5 heteroatoms. The van der Waals surface area contributed by atoms with E-state index in [0.717, 1.165) is 11.6 Å². The molecule has 2 heterocycles. The molecule has 2 aromatic rings. The van der Waals surface area contributed by atoms with Gasteiger partial charge < -0.3 is 4.57 Å². The van der Waals surface area contributed by atoms with Crippen molar-refractivity contribution in [3.63, 3.8) is 0 Å². The smallest absolute Gasteiger partial charge is 0.217 e. The van der Waals surface area contributed by atoms with Crippen molar-refractivity contribution in [1.82, 2.24) is 24.7 Å². The molecule has 0 fully saturated rings. The van der Waals surface area contributed by atoms with Gasteiger partial charge in [-0.2, -0.15) is 5.10 Å². The lowest BCUT2D eigenvalue weighted by atomic mass is 10.5. The summed E-state index contributed by atoms with van der Waals surface area (Å²) in [5.74, 6) is 2.22. The predicted molar refractivity (Wildman–Crippen MR) is 43.3 cm³/mol. The van der Waals surface area contributed by atoms with Crippen molar-refractivity contribution >= 4 is 0 Å². The second kappa shape index (κ2) is 2.44. The Labute approximate surface area is 69.5 Å². The standard InChI is InChI=1S/C7H9N5/c1-5-9-6(11-10-5)7-8-3-4-12(7)2/h3-4H,1-2H3,(H,9,10,11). The molecule has 1 N–H and O–H groups in total. The molecule has 0 aromatic carbocycles. The largest absolute Gasteiger partial charge is 0.331 e. The summed E-state index contributed by atoms with van der Waals surface area (Å²) in [5.41, 5.74) is 0. The van der Waals surface area contributed by atoms with E-state index in [0.29, 0.717) is 5.82 Å². The second-order valence-electron chi connectivity index (χ2n) is 2.61.